The number of anilines is 1. The van der Waals surface area contributed by atoms with Crippen LogP contribution in [0.5, 0.6) is 0 Å². The number of piperidine rings is 1. The lowest BCUT2D eigenvalue weighted by atomic mass is 10.0. The maximum Gasteiger partial charge on any atom is 0.243 e. The maximum absolute atomic E-state index is 12.7. The molecule has 24 heavy (non-hydrogen) atoms. The maximum atomic E-state index is 12.7. The molecule has 0 radical (unpaired) electrons. The topological polar surface area (TPSA) is 66.5 Å². The number of carbonyl (C=O) groups is 1. The average molecular weight is 353 g/mol. The van der Waals surface area contributed by atoms with Crippen LogP contribution in [0, 0.1) is 11.8 Å². The summed E-state index contributed by atoms with van der Waals surface area (Å²) in [5.74, 6) is 0.371. The molecule has 1 atom stereocenters. The largest absolute Gasteiger partial charge is 0.326 e. The van der Waals surface area contributed by atoms with Crippen molar-refractivity contribution in [1.29, 1.82) is 0 Å². The molecule has 1 amide bonds. The van der Waals surface area contributed by atoms with Crippen molar-refractivity contribution in [3.8, 4) is 0 Å². The van der Waals surface area contributed by atoms with E-state index in [2.05, 4.69) is 12.2 Å². The average Bonchev–Trinajstić information content (AvgIpc) is 2.56. The van der Waals surface area contributed by atoms with Gasteiger partial charge in [-0.1, -0.05) is 20.8 Å². The Bertz CT molecular complexity index is 651. The van der Waals surface area contributed by atoms with Crippen molar-refractivity contribution in [1.82, 2.24) is 4.31 Å². The molecule has 0 saturated carbocycles. The van der Waals surface area contributed by atoms with Crippen molar-refractivity contribution in [3.63, 3.8) is 0 Å². The molecule has 0 bridgehead atoms. The summed E-state index contributed by atoms with van der Waals surface area (Å²) in [6.07, 6.45) is 3.57. The zero-order valence-corrected chi connectivity index (χ0v) is 15.6. The number of amides is 1. The molecule has 0 aliphatic carbocycles. The first-order valence-corrected chi connectivity index (χ1v) is 10.2. The number of benzene rings is 1. The summed E-state index contributed by atoms with van der Waals surface area (Å²) >= 11 is 0. The van der Waals surface area contributed by atoms with Gasteiger partial charge in [0.15, 0.2) is 0 Å². The smallest absolute Gasteiger partial charge is 0.243 e. The molecule has 1 unspecified atom stereocenters. The van der Waals surface area contributed by atoms with Gasteiger partial charge in [0.1, 0.15) is 0 Å². The molecule has 1 aromatic carbocycles. The van der Waals surface area contributed by atoms with Crippen LogP contribution in [0.2, 0.25) is 0 Å². The number of sulfonamides is 1. The Kier molecular flexibility index (Phi) is 6.40. The molecule has 1 saturated heterocycles. The van der Waals surface area contributed by atoms with Crippen LogP contribution >= 0.6 is 0 Å². The predicted molar refractivity (Wildman–Crippen MR) is 96.3 cm³/mol. The van der Waals surface area contributed by atoms with Gasteiger partial charge in [-0.2, -0.15) is 4.31 Å². The van der Waals surface area contributed by atoms with Gasteiger partial charge in [-0.3, -0.25) is 4.79 Å². The lowest BCUT2D eigenvalue weighted by molar-refractivity contribution is -0.120. The summed E-state index contributed by atoms with van der Waals surface area (Å²) in [6.45, 7) is 7.22. The van der Waals surface area contributed by atoms with Gasteiger partial charge < -0.3 is 5.32 Å². The molecule has 6 heteroatoms. The fraction of sp³-hybridized carbons (Fsp3) is 0.611. The van der Waals surface area contributed by atoms with E-state index in [-0.39, 0.29) is 16.7 Å². The van der Waals surface area contributed by atoms with E-state index in [9.17, 15) is 13.2 Å². The molecule has 1 aliphatic rings. The van der Waals surface area contributed by atoms with Crippen molar-refractivity contribution >= 4 is 21.6 Å². The van der Waals surface area contributed by atoms with Crippen LogP contribution in [-0.2, 0) is 14.8 Å². The summed E-state index contributed by atoms with van der Waals surface area (Å²) in [5.41, 5.74) is 0.637. The molecule has 1 heterocycles. The molecule has 1 N–H and O–H groups in total. The summed E-state index contributed by atoms with van der Waals surface area (Å²) in [5, 5.41) is 2.86. The highest BCUT2D eigenvalue weighted by Crippen LogP contribution is 2.24. The zero-order valence-electron chi connectivity index (χ0n) is 14.8. The predicted octanol–water partition coefficient (Wildman–Crippen LogP) is 3.48. The molecule has 2 rings (SSSR count). The minimum absolute atomic E-state index is 0.0109. The standard InChI is InChI=1S/C18H28N2O3S/c1-4-15(5-2)18(21)19-16-8-10-17(11-9-16)24(22,23)20-12-6-7-14(3)13-20/h8-11,14-15H,4-7,12-13H2,1-3H3,(H,19,21). The Labute approximate surface area is 145 Å². The first-order valence-electron chi connectivity index (χ1n) is 8.79. The lowest BCUT2D eigenvalue weighted by Gasteiger charge is -2.30. The Balaban J connectivity index is 2.09. The molecule has 1 fully saturated rings. The summed E-state index contributed by atoms with van der Waals surface area (Å²) in [7, 11) is -3.45. The van der Waals surface area contributed by atoms with Crippen molar-refractivity contribution < 1.29 is 13.2 Å². The zero-order chi connectivity index (χ0) is 17.7. The van der Waals surface area contributed by atoms with Gasteiger partial charge in [0.05, 0.1) is 4.90 Å². The van der Waals surface area contributed by atoms with Crippen molar-refractivity contribution in [2.24, 2.45) is 11.8 Å². The first kappa shape index (κ1) is 18.9. The van der Waals surface area contributed by atoms with Gasteiger partial charge in [0, 0.05) is 24.7 Å². The van der Waals surface area contributed by atoms with E-state index in [0.717, 1.165) is 25.7 Å². The van der Waals surface area contributed by atoms with E-state index in [1.807, 2.05) is 13.8 Å². The van der Waals surface area contributed by atoms with Gasteiger partial charge in [0.25, 0.3) is 0 Å². The second-order valence-corrected chi connectivity index (χ2v) is 8.58. The van der Waals surface area contributed by atoms with Gasteiger partial charge in [-0.15, -0.1) is 0 Å². The fourth-order valence-electron chi connectivity index (χ4n) is 3.13. The van der Waals surface area contributed by atoms with Crippen LogP contribution in [0.1, 0.15) is 46.5 Å². The number of nitrogens with one attached hydrogen (secondary N) is 1. The molecule has 0 aromatic heterocycles. The van der Waals surface area contributed by atoms with Crippen LogP contribution in [0.15, 0.2) is 29.2 Å². The van der Waals surface area contributed by atoms with Crippen molar-refractivity contribution in [2.75, 3.05) is 18.4 Å². The van der Waals surface area contributed by atoms with Gasteiger partial charge >= 0.3 is 0 Å². The third-order valence-corrected chi connectivity index (χ3v) is 6.62. The molecule has 134 valence electrons. The van der Waals surface area contributed by atoms with E-state index in [1.165, 1.54) is 0 Å². The molecule has 0 spiro atoms. The highest BCUT2D eigenvalue weighted by atomic mass is 32.2. The van der Waals surface area contributed by atoms with Gasteiger partial charge in [0.2, 0.25) is 15.9 Å². The summed E-state index contributed by atoms with van der Waals surface area (Å²) in [4.78, 5) is 12.4. The minimum atomic E-state index is -3.45. The number of carbonyl (C=O) groups excluding carboxylic acids is 1. The minimum Gasteiger partial charge on any atom is -0.326 e. The van der Waals surface area contributed by atoms with E-state index in [0.29, 0.717) is 24.7 Å². The highest BCUT2D eigenvalue weighted by Gasteiger charge is 2.28. The highest BCUT2D eigenvalue weighted by molar-refractivity contribution is 7.89. The van der Waals surface area contributed by atoms with Gasteiger partial charge in [-0.05, 0) is 55.9 Å². The molecule has 1 aliphatic heterocycles. The third kappa shape index (κ3) is 4.36. The van der Waals surface area contributed by atoms with Crippen LogP contribution in [0.4, 0.5) is 5.69 Å². The Morgan fingerprint density at radius 3 is 2.42 bits per heavy atom. The second-order valence-electron chi connectivity index (χ2n) is 6.64. The molecular formula is C18H28N2O3S. The first-order chi connectivity index (χ1) is 11.4. The van der Waals surface area contributed by atoms with Crippen LogP contribution < -0.4 is 5.32 Å². The van der Waals surface area contributed by atoms with Gasteiger partial charge in [-0.25, -0.2) is 8.42 Å². The molecule has 1 aromatic rings. The Morgan fingerprint density at radius 2 is 1.88 bits per heavy atom. The van der Waals surface area contributed by atoms with Crippen molar-refractivity contribution in [3.05, 3.63) is 24.3 Å². The van der Waals surface area contributed by atoms with Crippen LogP contribution in [0.3, 0.4) is 0 Å². The number of nitrogens with zero attached hydrogens (tertiary/aromatic N) is 1. The normalized spacial score (nSPS) is 19.4. The van der Waals surface area contributed by atoms with E-state index >= 15 is 0 Å². The lowest BCUT2D eigenvalue weighted by Crippen LogP contribution is -2.39. The molecule has 5 nitrogen and oxygen atoms in total. The second kappa shape index (κ2) is 8.12. The summed E-state index contributed by atoms with van der Waals surface area (Å²) in [6, 6.07) is 6.50. The number of rotatable bonds is 6. The Morgan fingerprint density at radius 1 is 1.25 bits per heavy atom. The quantitative estimate of drug-likeness (QED) is 0.852. The van der Waals surface area contributed by atoms with E-state index < -0.39 is 10.0 Å². The van der Waals surface area contributed by atoms with Crippen molar-refractivity contribution in [2.45, 2.75) is 51.3 Å². The van der Waals surface area contributed by atoms with Crippen LogP contribution in [0.25, 0.3) is 0 Å². The third-order valence-electron chi connectivity index (χ3n) is 4.74. The number of hydrogen-bond donors (Lipinski definition) is 1. The SMILES string of the molecule is CCC(CC)C(=O)Nc1ccc(S(=O)(=O)N2CCCC(C)C2)cc1. The monoisotopic (exact) mass is 352 g/mol. The molecular weight excluding hydrogens is 324 g/mol. The Hall–Kier alpha value is -1.40. The van der Waals surface area contributed by atoms with E-state index in [4.69, 9.17) is 0 Å². The van der Waals surface area contributed by atoms with Crippen LogP contribution in [-0.4, -0.2) is 31.7 Å². The summed E-state index contributed by atoms with van der Waals surface area (Å²) < 4.78 is 27.0. The fourth-order valence-corrected chi connectivity index (χ4v) is 4.73. The number of hydrogen-bond acceptors (Lipinski definition) is 3. The van der Waals surface area contributed by atoms with E-state index in [1.54, 1.807) is 28.6 Å².